The van der Waals surface area contributed by atoms with E-state index in [1.807, 2.05) is 36.4 Å². The number of rotatable bonds is 8. The fraction of sp³-hybridized carbons (Fsp3) is 0.217. The average Bonchev–Trinajstić information content (AvgIpc) is 3.23. The molecule has 162 valence electrons. The Labute approximate surface area is 190 Å². The van der Waals surface area contributed by atoms with Crippen molar-refractivity contribution in [2.45, 2.75) is 13.5 Å². The molecule has 0 unspecified atom stereocenters. The van der Waals surface area contributed by atoms with E-state index in [1.165, 1.54) is 12.0 Å². The number of anilines is 2. The molecule has 31 heavy (non-hydrogen) atoms. The number of aryl methyl sites for hydroxylation is 1. The zero-order valence-corrected chi connectivity index (χ0v) is 19.1. The number of thiophene rings is 1. The van der Waals surface area contributed by atoms with Crippen LogP contribution >= 0.6 is 22.9 Å². The number of halogens is 1. The first-order valence-electron chi connectivity index (χ1n) is 9.62. The Hall–Kier alpha value is -2.87. The van der Waals surface area contributed by atoms with Gasteiger partial charge in [-0.15, -0.1) is 11.3 Å². The zero-order valence-electron chi connectivity index (χ0n) is 17.6. The van der Waals surface area contributed by atoms with E-state index in [0.29, 0.717) is 34.3 Å². The van der Waals surface area contributed by atoms with Crippen molar-refractivity contribution < 1.29 is 14.3 Å². The highest BCUT2D eigenvalue weighted by Crippen LogP contribution is 2.31. The van der Waals surface area contributed by atoms with Crippen LogP contribution in [0.15, 0.2) is 53.9 Å². The van der Waals surface area contributed by atoms with Crippen molar-refractivity contribution in [2.75, 3.05) is 31.3 Å². The molecule has 0 aliphatic heterocycles. The number of likely N-dealkylation sites (N-methyl/N-ethyl adjacent to an activating group) is 1. The number of para-hydroxylation sites is 1. The van der Waals surface area contributed by atoms with Crippen LogP contribution in [0.4, 0.5) is 11.4 Å². The van der Waals surface area contributed by atoms with Crippen molar-refractivity contribution in [1.82, 2.24) is 4.90 Å². The lowest BCUT2D eigenvalue weighted by Crippen LogP contribution is -2.30. The molecule has 0 bridgehead atoms. The van der Waals surface area contributed by atoms with Gasteiger partial charge in [0.15, 0.2) is 0 Å². The highest BCUT2D eigenvalue weighted by atomic mass is 35.5. The van der Waals surface area contributed by atoms with Gasteiger partial charge < -0.3 is 15.4 Å². The monoisotopic (exact) mass is 457 g/mol. The van der Waals surface area contributed by atoms with Gasteiger partial charge in [0.25, 0.3) is 5.91 Å². The molecule has 0 saturated carbocycles. The topological polar surface area (TPSA) is 70.7 Å². The Morgan fingerprint density at radius 2 is 1.87 bits per heavy atom. The summed E-state index contributed by atoms with van der Waals surface area (Å²) in [6, 6.07) is 14.3. The molecule has 0 saturated heterocycles. The number of methoxy groups -OCH3 is 1. The van der Waals surface area contributed by atoms with Gasteiger partial charge in [-0.3, -0.25) is 14.5 Å². The zero-order chi connectivity index (χ0) is 22.4. The fourth-order valence-corrected chi connectivity index (χ4v) is 4.01. The predicted molar refractivity (Wildman–Crippen MR) is 126 cm³/mol. The normalized spacial score (nSPS) is 10.7. The van der Waals surface area contributed by atoms with Crippen molar-refractivity contribution in [3.8, 4) is 5.75 Å². The van der Waals surface area contributed by atoms with Crippen LogP contribution in [0.25, 0.3) is 0 Å². The maximum atomic E-state index is 13.0. The molecule has 3 rings (SSSR count). The van der Waals surface area contributed by atoms with Crippen LogP contribution in [0, 0.1) is 6.92 Å². The number of benzene rings is 2. The Morgan fingerprint density at radius 3 is 2.58 bits per heavy atom. The molecule has 0 radical (unpaired) electrons. The maximum Gasteiger partial charge on any atom is 0.257 e. The van der Waals surface area contributed by atoms with Crippen LogP contribution in [-0.4, -0.2) is 37.4 Å². The van der Waals surface area contributed by atoms with Crippen LogP contribution in [0.3, 0.4) is 0 Å². The molecule has 0 aliphatic carbocycles. The van der Waals surface area contributed by atoms with Crippen molar-refractivity contribution >= 4 is 46.1 Å². The number of amides is 2. The summed E-state index contributed by atoms with van der Waals surface area (Å²) in [5.41, 5.74) is 2.12. The van der Waals surface area contributed by atoms with Gasteiger partial charge in [-0.25, -0.2) is 0 Å². The minimum absolute atomic E-state index is 0.195. The molecule has 8 heteroatoms. The molecule has 1 aromatic heterocycles. The molecule has 0 fully saturated rings. The minimum Gasteiger partial charge on any atom is -0.495 e. The summed E-state index contributed by atoms with van der Waals surface area (Å²) in [7, 11) is 3.39. The lowest BCUT2D eigenvalue weighted by Gasteiger charge is -2.17. The van der Waals surface area contributed by atoms with Crippen LogP contribution in [-0.2, 0) is 11.3 Å². The van der Waals surface area contributed by atoms with E-state index in [-0.39, 0.29) is 18.4 Å². The summed E-state index contributed by atoms with van der Waals surface area (Å²) in [6.45, 7) is 2.74. The third-order valence-electron chi connectivity index (χ3n) is 4.59. The molecule has 2 aromatic carbocycles. The molecule has 0 aliphatic rings. The van der Waals surface area contributed by atoms with Crippen LogP contribution in [0.1, 0.15) is 20.8 Å². The van der Waals surface area contributed by atoms with Crippen molar-refractivity contribution in [1.29, 1.82) is 0 Å². The van der Waals surface area contributed by atoms with Gasteiger partial charge in [-0.05, 0) is 49.2 Å². The van der Waals surface area contributed by atoms with Gasteiger partial charge in [0.2, 0.25) is 5.91 Å². The van der Waals surface area contributed by atoms with E-state index >= 15 is 0 Å². The Kier molecular flexibility index (Phi) is 7.68. The smallest absolute Gasteiger partial charge is 0.257 e. The molecule has 6 nitrogen and oxygen atoms in total. The van der Waals surface area contributed by atoms with Crippen LogP contribution in [0.5, 0.6) is 5.75 Å². The van der Waals surface area contributed by atoms with E-state index in [4.69, 9.17) is 16.3 Å². The second kappa shape index (κ2) is 10.4. The first kappa shape index (κ1) is 22.8. The van der Waals surface area contributed by atoms with Gasteiger partial charge in [0, 0.05) is 22.5 Å². The molecule has 0 spiro atoms. The standard InChI is InChI=1S/C23H24ClN3O3S/c1-15-11-20(21(30-3)12-18(15)24)26-23(29)17-8-4-5-9-19(17)25-22(28)14-27(2)13-16-7-6-10-31-16/h4-12H,13-14H2,1-3H3,(H,25,28)(H,26,29). The quantitative estimate of drug-likeness (QED) is 0.497. The lowest BCUT2D eigenvalue weighted by molar-refractivity contribution is -0.117. The molecular weight excluding hydrogens is 434 g/mol. The van der Waals surface area contributed by atoms with E-state index in [9.17, 15) is 9.59 Å². The van der Waals surface area contributed by atoms with E-state index < -0.39 is 0 Å². The Bertz CT molecular complexity index is 1070. The van der Waals surface area contributed by atoms with Crippen LogP contribution in [0.2, 0.25) is 5.02 Å². The van der Waals surface area contributed by atoms with E-state index in [0.717, 1.165) is 5.56 Å². The van der Waals surface area contributed by atoms with Crippen molar-refractivity contribution in [3.63, 3.8) is 0 Å². The number of carbonyl (C=O) groups excluding carboxylic acids is 2. The number of hydrogen-bond donors (Lipinski definition) is 2. The van der Waals surface area contributed by atoms with Gasteiger partial charge in [0.1, 0.15) is 5.75 Å². The molecule has 0 atom stereocenters. The van der Waals surface area contributed by atoms with Gasteiger partial charge >= 0.3 is 0 Å². The maximum absolute atomic E-state index is 13.0. The predicted octanol–water partition coefficient (Wildman–Crippen LogP) is 5.04. The number of nitrogens with one attached hydrogen (secondary N) is 2. The summed E-state index contributed by atoms with van der Waals surface area (Å²) in [4.78, 5) is 28.6. The second-order valence-electron chi connectivity index (χ2n) is 7.10. The second-order valence-corrected chi connectivity index (χ2v) is 8.54. The Morgan fingerprint density at radius 1 is 1.10 bits per heavy atom. The highest BCUT2D eigenvalue weighted by molar-refractivity contribution is 7.09. The van der Waals surface area contributed by atoms with Crippen molar-refractivity contribution in [3.05, 3.63) is 74.9 Å². The molecule has 2 amide bonds. The first-order chi connectivity index (χ1) is 14.9. The summed E-state index contributed by atoms with van der Waals surface area (Å²) >= 11 is 7.79. The number of ether oxygens (including phenoxy) is 1. The van der Waals surface area contributed by atoms with Crippen molar-refractivity contribution in [2.24, 2.45) is 0 Å². The number of hydrogen-bond acceptors (Lipinski definition) is 5. The highest BCUT2D eigenvalue weighted by Gasteiger charge is 2.17. The number of nitrogens with zero attached hydrogens (tertiary/aromatic N) is 1. The fourth-order valence-electron chi connectivity index (χ4n) is 3.07. The van der Waals surface area contributed by atoms with E-state index in [2.05, 4.69) is 10.6 Å². The average molecular weight is 458 g/mol. The number of carbonyl (C=O) groups is 2. The summed E-state index contributed by atoms with van der Waals surface area (Å²) in [5.74, 6) is -0.0947. The largest absolute Gasteiger partial charge is 0.495 e. The van der Waals surface area contributed by atoms with Gasteiger partial charge in [0.05, 0.1) is 30.6 Å². The summed E-state index contributed by atoms with van der Waals surface area (Å²) < 4.78 is 5.33. The molecule has 1 heterocycles. The SMILES string of the molecule is COc1cc(Cl)c(C)cc1NC(=O)c1ccccc1NC(=O)CN(C)Cc1cccs1. The summed E-state index contributed by atoms with van der Waals surface area (Å²) in [5, 5.41) is 8.25. The van der Waals surface area contributed by atoms with Crippen LogP contribution < -0.4 is 15.4 Å². The summed E-state index contributed by atoms with van der Waals surface area (Å²) in [6.07, 6.45) is 0. The van der Waals surface area contributed by atoms with E-state index in [1.54, 1.807) is 47.7 Å². The molecular formula is C23H24ClN3O3S. The minimum atomic E-state index is -0.358. The Balaban J connectivity index is 1.70. The molecule has 2 N–H and O–H groups in total. The lowest BCUT2D eigenvalue weighted by atomic mass is 10.1. The first-order valence-corrected chi connectivity index (χ1v) is 10.9. The van der Waals surface area contributed by atoms with Gasteiger partial charge in [-0.1, -0.05) is 29.8 Å². The third-order valence-corrected chi connectivity index (χ3v) is 5.86. The molecule has 3 aromatic rings. The van der Waals surface area contributed by atoms with Gasteiger partial charge in [-0.2, -0.15) is 0 Å². The third kappa shape index (κ3) is 6.07.